The number of carboxylic acid groups (broad SMARTS) is 1. The number of ether oxygens (including phenoxy) is 4. The molecule has 718 valence electrons. The van der Waals surface area contributed by atoms with Crippen LogP contribution in [0.2, 0.25) is 0 Å². The quantitative estimate of drug-likeness (QED) is 0.0113. The first-order chi connectivity index (χ1) is 58.5. The first-order valence-corrected chi connectivity index (χ1v) is 46.1. The number of halogens is 12. The standard InChI is InChI=1S/3C12H14F2O6S.2C12H15OS.C10H14O2.C3H3F3O4S.C2H2F2O5S.CH4.BrH.4Na.H2O/c3*13-12(14,21-20-19-17)10(16)18-11-3-6-1-7(4-11)9(15)8(2-6)5-11;2*13-12(10-14-8-4-5-9-14)11-6-2-1-3-7-11;11-9-7-1-6-2-8(9)5-10(12,3-6)4-7;1-8-2(7)3(4,5)11-10-9-6;3-2(4,1(5)6)10-9-8-7;;;;;;;/h3*6-8,17H,1-5H2;2*1-3,6-7H,4-5,8-10H2;6-8,12H,1-5H2;1H3;7H,(H,5,6);1H4;1H;;;;;1H2/q;;;2*+1;;;;;;4*+1;/p-5. The number of carbonyl (C=O) groups is 11. The largest absolute Gasteiger partial charge is 1.00 e. The molecule has 8 unspecified atom stereocenters. The molecule has 16 saturated carbocycles. The topological polar surface area (TPSA) is 480 Å². The van der Waals surface area contributed by atoms with Gasteiger partial charge in [0.15, 0.2) is 11.5 Å². The normalized spacial score (nSPS) is 28.9. The molecule has 16 aliphatic carbocycles. The SMILES string of the molecule is Br.C.COC(=O)C(F)(F)SOOF.O=C(C[S+]1CCCC1)c1ccccc1.O=C(C[S+]1CCCC1)c1ccccc1.O=C(O)C(F)(F)SOO[O-].O=C1C2CC3CC1CC(O)(C3)C2.O=C1C2CC3CC1CC(OC(=O)C(F)(F)SOO[O-])(C3)C2.O=C1C2CC3CC1CC(OC(=O)C(F)(F)SOO[O-])(C3)C2.O=C1C2CC3CC1CC(OC(=O)C(F)(F)SOO[O-])(C3)C2.[Na+].[Na+].[Na+].[Na+].[OH-]. The van der Waals surface area contributed by atoms with E-state index in [1.807, 2.05) is 60.7 Å². The van der Waals surface area contributed by atoms with Crippen LogP contribution in [0.25, 0.3) is 0 Å². The van der Waals surface area contributed by atoms with E-state index >= 15 is 0 Å². The van der Waals surface area contributed by atoms with Crippen LogP contribution in [0.4, 0.5) is 48.4 Å². The number of ketones is 6. The summed E-state index contributed by atoms with van der Waals surface area (Å²) in [5.41, 5.74) is -1.62. The predicted octanol–water partition coefficient (Wildman–Crippen LogP) is -1.06. The summed E-state index contributed by atoms with van der Waals surface area (Å²) in [6, 6.07) is 19.3. The molecule has 20 rings (SSSR count). The molecule has 2 aromatic carbocycles. The number of esters is 4. The van der Waals surface area contributed by atoms with Crippen molar-refractivity contribution in [1.29, 1.82) is 0 Å². The van der Waals surface area contributed by atoms with Crippen molar-refractivity contribution in [3.05, 3.63) is 71.8 Å². The summed E-state index contributed by atoms with van der Waals surface area (Å²) in [4.78, 5) is 126. The minimum Gasteiger partial charge on any atom is -0.870 e. The summed E-state index contributed by atoms with van der Waals surface area (Å²) < 4.78 is 175. The molecular formula is C76H93BrF11Na4O32S7+. The summed E-state index contributed by atoms with van der Waals surface area (Å²) in [7, 11) is 1.54. The number of carbonyl (C=O) groups excluding carboxylic acids is 10. The number of benzene rings is 2. The molecule has 18 aliphatic rings. The Labute approximate surface area is 871 Å². The molecule has 32 nitrogen and oxygen atoms in total. The van der Waals surface area contributed by atoms with Crippen molar-refractivity contribution < 1.29 is 322 Å². The molecule has 2 heterocycles. The van der Waals surface area contributed by atoms with Gasteiger partial charge in [-0.2, -0.15) is 61.2 Å². The number of Topliss-reactive ketones (excluding diaryl/α,β-unsaturated/α-hetero) is 6. The van der Waals surface area contributed by atoms with E-state index in [-0.39, 0.29) is 231 Å². The summed E-state index contributed by atoms with van der Waals surface area (Å²) in [6.45, 7) is 0. The van der Waals surface area contributed by atoms with Crippen molar-refractivity contribution in [2.75, 3.05) is 41.6 Å². The molecule has 18 fully saturated rings. The first-order valence-electron chi connectivity index (χ1n) is 38.9. The van der Waals surface area contributed by atoms with Gasteiger partial charge in [0.2, 0.25) is 11.6 Å². The van der Waals surface area contributed by atoms with Gasteiger partial charge in [0.25, 0.3) is 0 Å². The number of alkyl halides is 10. The Morgan fingerprint density at radius 2 is 0.634 bits per heavy atom. The Balaban J connectivity index is 0.000000510. The summed E-state index contributed by atoms with van der Waals surface area (Å²) in [5, 5.41) is 48.5. The van der Waals surface area contributed by atoms with Crippen molar-refractivity contribution in [2.24, 2.45) is 71.0 Å². The van der Waals surface area contributed by atoms with Crippen LogP contribution < -0.4 is 139 Å². The molecule has 0 amide bonds. The number of hydrogen-bond donors (Lipinski definition) is 2. The summed E-state index contributed by atoms with van der Waals surface area (Å²) in [5.74, 6) is -0.551. The number of carboxylic acids is 1. The fraction of sp³-hybridized carbons (Fsp3) is 0.697. The molecule has 131 heavy (non-hydrogen) atoms. The van der Waals surface area contributed by atoms with Gasteiger partial charge in [-0.15, -0.1) is 21.3 Å². The van der Waals surface area contributed by atoms with Crippen LogP contribution in [0.3, 0.4) is 0 Å². The minimum absolute atomic E-state index is 0. The number of aliphatic hydroxyl groups is 1. The van der Waals surface area contributed by atoms with Gasteiger partial charge in [-0.3, -0.25) is 48.9 Å². The second kappa shape index (κ2) is 57.0. The van der Waals surface area contributed by atoms with E-state index in [0.717, 1.165) is 100 Å². The smallest absolute Gasteiger partial charge is 0.870 e. The van der Waals surface area contributed by atoms with E-state index in [1.165, 1.54) is 48.7 Å². The van der Waals surface area contributed by atoms with Crippen molar-refractivity contribution in [3.63, 3.8) is 0 Å². The Morgan fingerprint density at radius 3 is 0.870 bits per heavy atom. The van der Waals surface area contributed by atoms with Crippen LogP contribution in [0, 0.1) is 71.0 Å². The molecule has 16 bridgehead atoms. The van der Waals surface area contributed by atoms with E-state index in [1.54, 1.807) is 0 Å². The van der Waals surface area contributed by atoms with Gasteiger partial charge in [-0.1, -0.05) is 68.1 Å². The summed E-state index contributed by atoms with van der Waals surface area (Å²) in [6.07, 6.45) is 17.9. The monoisotopic (exact) mass is 2120 g/mol. The van der Waals surface area contributed by atoms with Crippen LogP contribution in [0.5, 0.6) is 0 Å². The van der Waals surface area contributed by atoms with Gasteiger partial charge in [-0.05, 0) is 209 Å². The van der Waals surface area contributed by atoms with E-state index in [0.29, 0.717) is 103 Å². The van der Waals surface area contributed by atoms with E-state index in [4.69, 9.17) is 24.6 Å². The van der Waals surface area contributed by atoms with Crippen LogP contribution in [-0.4, -0.2) is 171 Å². The van der Waals surface area contributed by atoms with Gasteiger partial charge in [-0.25, -0.2) is 24.0 Å². The van der Waals surface area contributed by atoms with Crippen molar-refractivity contribution in [2.45, 2.75) is 210 Å². The number of aliphatic carboxylic acids is 1. The zero-order chi connectivity index (χ0) is 90.8. The first kappa shape index (κ1) is 126. The molecule has 0 aromatic heterocycles. The van der Waals surface area contributed by atoms with Gasteiger partial charge in [0, 0.05) is 58.5 Å². The molecule has 2 aliphatic heterocycles. The third kappa shape index (κ3) is 36.0. The zero-order valence-corrected chi connectivity index (χ0v) is 85.9. The molecule has 0 radical (unpaired) electrons. The Hall–Kier alpha value is -0.670. The Kier molecular flexibility index (Phi) is 55.0. The Morgan fingerprint density at radius 1 is 0.397 bits per heavy atom. The average molecular weight is 2120 g/mol. The van der Waals surface area contributed by atoms with E-state index in [2.05, 4.69) is 51.7 Å². The fourth-order valence-corrected chi connectivity index (χ4v) is 25.6. The van der Waals surface area contributed by atoms with Crippen molar-refractivity contribution >= 4 is 164 Å². The van der Waals surface area contributed by atoms with Crippen molar-refractivity contribution in [3.8, 4) is 0 Å². The minimum atomic E-state index is -4.16. The average Bonchev–Trinajstić information content (AvgIpc) is 0.914. The van der Waals surface area contributed by atoms with E-state index < -0.39 is 139 Å². The van der Waals surface area contributed by atoms with Gasteiger partial charge in [0.05, 0.1) is 12.7 Å². The molecule has 2 aromatic rings. The molecule has 2 saturated heterocycles. The van der Waals surface area contributed by atoms with E-state index in [9.17, 15) is 122 Å². The second-order valence-corrected chi connectivity index (χ2v) is 41.5. The molecule has 55 heteroatoms. The van der Waals surface area contributed by atoms with Crippen LogP contribution in [-0.2, 0) is 131 Å². The molecule has 3 N–H and O–H groups in total. The number of methoxy groups -OCH3 is 1. The van der Waals surface area contributed by atoms with Gasteiger partial charge < -0.3 is 55.7 Å². The fourth-order valence-electron chi connectivity index (χ4n) is 20.0. The third-order valence-electron chi connectivity index (χ3n) is 24.0. The number of hydrogen-bond acceptors (Lipinski definition) is 36. The van der Waals surface area contributed by atoms with Crippen molar-refractivity contribution in [1.82, 2.24) is 0 Å². The van der Waals surface area contributed by atoms with Gasteiger partial charge in [0.1, 0.15) is 123 Å². The third-order valence-corrected chi connectivity index (χ3v) is 31.3. The Bertz CT molecular complexity index is 3700. The van der Waals surface area contributed by atoms with Gasteiger partial charge >= 0.3 is 174 Å². The van der Waals surface area contributed by atoms with Crippen LogP contribution in [0.15, 0.2) is 60.7 Å². The summed E-state index contributed by atoms with van der Waals surface area (Å²) >= 11 is -3.76. The zero-order valence-electron chi connectivity index (χ0n) is 70.5. The molecule has 8 atom stereocenters. The maximum absolute atomic E-state index is 13.4. The maximum atomic E-state index is 13.4. The predicted molar refractivity (Wildman–Crippen MR) is 423 cm³/mol. The second-order valence-electron chi connectivity index (χ2n) is 32.7. The molecular weight excluding hydrogens is 2030 g/mol. The maximum Gasteiger partial charge on any atom is 1.00 e. The molecule has 0 spiro atoms. The van der Waals surface area contributed by atoms with Crippen LogP contribution >= 0.6 is 77.2 Å². The number of rotatable bonds is 29. The van der Waals surface area contributed by atoms with Crippen LogP contribution in [0.1, 0.15) is 182 Å².